The average Bonchev–Trinajstić information content (AvgIpc) is 2.77. The number of likely N-dealkylation sites (tertiary alicyclic amines) is 1. The third kappa shape index (κ3) is 3.09. The molecule has 2 heterocycles. The van der Waals surface area contributed by atoms with Crippen molar-refractivity contribution in [3.63, 3.8) is 0 Å². The Balaban J connectivity index is 1.86. The van der Waals surface area contributed by atoms with E-state index in [0.717, 1.165) is 24.9 Å². The maximum atomic E-state index is 4.33. The summed E-state index contributed by atoms with van der Waals surface area (Å²) < 4.78 is 2.11. The molecule has 0 N–H and O–H groups in total. The molecule has 0 aliphatic carbocycles. The fraction of sp³-hybridized carbons (Fsp3) is 0.786. The topological polar surface area (TPSA) is 21.1 Å². The Hall–Kier alpha value is -0.830. The third-order valence-corrected chi connectivity index (χ3v) is 4.06. The fourth-order valence-corrected chi connectivity index (χ4v) is 2.79. The zero-order valence-corrected chi connectivity index (χ0v) is 11.4. The van der Waals surface area contributed by atoms with Crippen LogP contribution >= 0.6 is 0 Å². The monoisotopic (exact) mass is 235 g/mol. The van der Waals surface area contributed by atoms with E-state index in [1.54, 1.807) is 0 Å². The molecule has 0 radical (unpaired) electrons. The molecule has 0 spiro atoms. The maximum Gasteiger partial charge on any atom is 0.0524 e. The van der Waals surface area contributed by atoms with Crippen LogP contribution < -0.4 is 0 Å². The van der Waals surface area contributed by atoms with Gasteiger partial charge in [0.15, 0.2) is 0 Å². The van der Waals surface area contributed by atoms with Crippen molar-refractivity contribution in [2.45, 2.75) is 46.7 Å². The maximum absolute atomic E-state index is 4.33. The summed E-state index contributed by atoms with van der Waals surface area (Å²) >= 11 is 0. The van der Waals surface area contributed by atoms with Crippen LogP contribution in [0.1, 0.15) is 39.3 Å². The van der Waals surface area contributed by atoms with Crippen molar-refractivity contribution < 1.29 is 0 Å². The normalized spacial score (nSPS) is 19.1. The van der Waals surface area contributed by atoms with Gasteiger partial charge in [-0.2, -0.15) is 5.10 Å². The van der Waals surface area contributed by atoms with E-state index < -0.39 is 0 Å². The van der Waals surface area contributed by atoms with Gasteiger partial charge in [-0.3, -0.25) is 9.58 Å². The fourth-order valence-electron chi connectivity index (χ4n) is 2.79. The summed E-state index contributed by atoms with van der Waals surface area (Å²) in [4.78, 5) is 2.57. The first-order valence-electron chi connectivity index (χ1n) is 6.93. The lowest BCUT2D eigenvalue weighted by molar-refractivity contribution is 0.149. The van der Waals surface area contributed by atoms with Gasteiger partial charge in [-0.25, -0.2) is 0 Å². The standard InChI is InChI=1S/C14H25N3/c1-4-17-14(5-8-15-17)11-16-9-6-13(7-10-16)12(2)3/h5,8,12-13H,4,6-7,9-11H2,1-3H3. The molecule has 1 aliphatic heterocycles. The van der Waals surface area contributed by atoms with E-state index in [1.807, 2.05) is 6.20 Å². The van der Waals surface area contributed by atoms with Crippen molar-refractivity contribution in [2.75, 3.05) is 13.1 Å². The first kappa shape index (κ1) is 12.6. The second kappa shape index (κ2) is 5.67. The second-order valence-corrected chi connectivity index (χ2v) is 5.50. The Kier molecular flexibility index (Phi) is 4.21. The molecule has 1 fully saturated rings. The minimum absolute atomic E-state index is 0.846. The van der Waals surface area contributed by atoms with Gasteiger partial charge in [0, 0.05) is 19.3 Å². The molecule has 1 saturated heterocycles. The van der Waals surface area contributed by atoms with Gasteiger partial charge in [0.1, 0.15) is 0 Å². The minimum atomic E-state index is 0.846. The highest BCUT2D eigenvalue weighted by Gasteiger charge is 2.21. The van der Waals surface area contributed by atoms with E-state index >= 15 is 0 Å². The van der Waals surface area contributed by atoms with Crippen LogP contribution in [0.3, 0.4) is 0 Å². The third-order valence-electron chi connectivity index (χ3n) is 4.06. The Labute approximate surface area is 105 Å². The summed E-state index contributed by atoms with van der Waals surface area (Å²) in [5, 5.41) is 4.33. The Morgan fingerprint density at radius 1 is 1.35 bits per heavy atom. The van der Waals surface area contributed by atoms with Crippen molar-refractivity contribution in [1.29, 1.82) is 0 Å². The average molecular weight is 235 g/mol. The van der Waals surface area contributed by atoms with Gasteiger partial charge in [0.2, 0.25) is 0 Å². The molecular weight excluding hydrogens is 210 g/mol. The summed E-state index contributed by atoms with van der Waals surface area (Å²) in [6.07, 6.45) is 4.63. The number of rotatable bonds is 4. The van der Waals surface area contributed by atoms with Crippen molar-refractivity contribution in [2.24, 2.45) is 11.8 Å². The molecule has 3 heteroatoms. The number of hydrogen-bond acceptors (Lipinski definition) is 2. The summed E-state index contributed by atoms with van der Waals surface area (Å²) in [7, 11) is 0. The predicted molar refractivity (Wildman–Crippen MR) is 70.7 cm³/mol. The molecule has 0 bridgehead atoms. The predicted octanol–water partition coefficient (Wildman–Crippen LogP) is 2.77. The molecule has 0 unspecified atom stereocenters. The number of aromatic nitrogens is 2. The van der Waals surface area contributed by atoms with Gasteiger partial charge in [-0.05, 0) is 50.8 Å². The SMILES string of the molecule is CCn1nccc1CN1CCC(C(C)C)CC1. The molecule has 1 aromatic rings. The van der Waals surface area contributed by atoms with Crippen LogP contribution in [-0.2, 0) is 13.1 Å². The van der Waals surface area contributed by atoms with E-state index in [2.05, 4.69) is 41.5 Å². The van der Waals surface area contributed by atoms with E-state index in [0.29, 0.717) is 0 Å². The van der Waals surface area contributed by atoms with E-state index in [1.165, 1.54) is 31.6 Å². The molecule has 0 atom stereocenters. The van der Waals surface area contributed by atoms with Gasteiger partial charge in [-0.1, -0.05) is 13.8 Å². The second-order valence-electron chi connectivity index (χ2n) is 5.50. The Morgan fingerprint density at radius 3 is 2.65 bits per heavy atom. The molecular formula is C14H25N3. The van der Waals surface area contributed by atoms with Crippen molar-refractivity contribution in [3.05, 3.63) is 18.0 Å². The highest BCUT2D eigenvalue weighted by atomic mass is 15.3. The van der Waals surface area contributed by atoms with Gasteiger partial charge in [0.05, 0.1) is 5.69 Å². The van der Waals surface area contributed by atoms with Crippen LogP contribution in [0.25, 0.3) is 0 Å². The molecule has 1 aliphatic rings. The lowest BCUT2D eigenvalue weighted by atomic mass is 9.87. The van der Waals surface area contributed by atoms with Crippen LogP contribution in [-0.4, -0.2) is 27.8 Å². The summed E-state index contributed by atoms with van der Waals surface area (Å²) in [5.41, 5.74) is 1.36. The smallest absolute Gasteiger partial charge is 0.0524 e. The van der Waals surface area contributed by atoms with Crippen LogP contribution in [0.15, 0.2) is 12.3 Å². The molecule has 2 rings (SSSR count). The lowest BCUT2D eigenvalue weighted by Crippen LogP contribution is -2.35. The van der Waals surface area contributed by atoms with E-state index in [4.69, 9.17) is 0 Å². The molecule has 3 nitrogen and oxygen atoms in total. The summed E-state index contributed by atoms with van der Waals surface area (Å²) in [6.45, 7) is 11.4. The van der Waals surface area contributed by atoms with Crippen LogP contribution in [0.4, 0.5) is 0 Å². The Morgan fingerprint density at radius 2 is 2.06 bits per heavy atom. The first-order chi connectivity index (χ1) is 8.20. The molecule has 0 amide bonds. The number of hydrogen-bond donors (Lipinski definition) is 0. The number of nitrogens with zero attached hydrogens (tertiary/aromatic N) is 3. The first-order valence-corrected chi connectivity index (χ1v) is 6.93. The lowest BCUT2D eigenvalue weighted by Gasteiger charge is -2.33. The molecule has 17 heavy (non-hydrogen) atoms. The zero-order chi connectivity index (χ0) is 12.3. The van der Waals surface area contributed by atoms with Crippen molar-refractivity contribution in [1.82, 2.24) is 14.7 Å². The van der Waals surface area contributed by atoms with Gasteiger partial charge in [0.25, 0.3) is 0 Å². The molecule has 0 saturated carbocycles. The highest BCUT2D eigenvalue weighted by Crippen LogP contribution is 2.25. The van der Waals surface area contributed by atoms with Crippen molar-refractivity contribution in [3.8, 4) is 0 Å². The minimum Gasteiger partial charge on any atom is -0.298 e. The quantitative estimate of drug-likeness (QED) is 0.800. The summed E-state index contributed by atoms with van der Waals surface area (Å²) in [6, 6.07) is 2.15. The van der Waals surface area contributed by atoms with Gasteiger partial charge in [-0.15, -0.1) is 0 Å². The highest BCUT2D eigenvalue weighted by molar-refractivity contribution is 5.00. The Bertz CT molecular complexity index is 335. The number of aryl methyl sites for hydroxylation is 1. The van der Waals surface area contributed by atoms with Gasteiger partial charge < -0.3 is 0 Å². The zero-order valence-electron chi connectivity index (χ0n) is 11.4. The van der Waals surface area contributed by atoms with Crippen LogP contribution in [0, 0.1) is 11.8 Å². The molecule has 1 aromatic heterocycles. The van der Waals surface area contributed by atoms with E-state index in [-0.39, 0.29) is 0 Å². The van der Waals surface area contributed by atoms with Crippen molar-refractivity contribution >= 4 is 0 Å². The van der Waals surface area contributed by atoms with Crippen LogP contribution in [0.5, 0.6) is 0 Å². The van der Waals surface area contributed by atoms with E-state index in [9.17, 15) is 0 Å². The van der Waals surface area contributed by atoms with Gasteiger partial charge >= 0.3 is 0 Å². The van der Waals surface area contributed by atoms with Crippen LogP contribution in [0.2, 0.25) is 0 Å². The molecule has 0 aromatic carbocycles. The summed E-state index contributed by atoms with van der Waals surface area (Å²) in [5.74, 6) is 1.78. The largest absolute Gasteiger partial charge is 0.298 e. The number of piperidine rings is 1. The molecule has 96 valence electrons.